The molecule has 0 radical (unpaired) electrons. The first-order valence-corrected chi connectivity index (χ1v) is 7.87. The number of hydrogen-bond acceptors (Lipinski definition) is 3. The lowest BCUT2D eigenvalue weighted by molar-refractivity contribution is 0.181. The SMILES string of the molecule is CSCCC(C)N(C)C(CN)c1cc(F)c(F)cc1F. The van der Waals surface area contributed by atoms with E-state index < -0.39 is 23.5 Å². The smallest absolute Gasteiger partial charge is 0.161 e. The second-order valence-electron chi connectivity index (χ2n) is 4.84. The molecule has 20 heavy (non-hydrogen) atoms. The van der Waals surface area contributed by atoms with Crippen LogP contribution in [-0.2, 0) is 0 Å². The predicted octanol–water partition coefficient (Wildman–Crippen LogP) is 3.18. The Hall–Kier alpha value is -0.720. The van der Waals surface area contributed by atoms with Crippen molar-refractivity contribution in [2.24, 2.45) is 5.73 Å². The summed E-state index contributed by atoms with van der Waals surface area (Å²) in [4.78, 5) is 1.91. The molecule has 0 aliphatic carbocycles. The van der Waals surface area contributed by atoms with Gasteiger partial charge < -0.3 is 5.73 Å². The topological polar surface area (TPSA) is 29.3 Å². The second-order valence-corrected chi connectivity index (χ2v) is 5.82. The van der Waals surface area contributed by atoms with Gasteiger partial charge in [0.15, 0.2) is 11.6 Å². The number of likely N-dealkylation sites (N-methyl/N-ethyl adjacent to an activating group) is 1. The molecule has 0 fully saturated rings. The van der Waals surface area contributed by atoms with Crippen LogP contribution in [0.4, 0.5) is 13.2 Å². The van der Waals surface area contributed by atoms with E-state index in [-0.39, 0.29) is 18.2 Å². The van der Waals surface area contributed by atoms with E-state index in [2.05, 4.69) is 0 Å². The zero-order valence-corrected chi connectivity index (χ0v) is 12.8. The highest BCUT2D eigenvalue weighted by atomic mass is 32.2. The molecule has 0 saturated carbocycles. The first kappa shape index (κ1) is 17.3. The molecule has 0 amide bonds. The molecule has 1 rings (SSSR count). The van der Waals surface area contributed by atoms with Crippen molar-refractivity contribution in [3.63, 3.8) is 0 Å². The Morgan fingerprint density at radius 3 is 2.35 bits per heavy atom. The monoisotopic (exact) mass is 306 g/mol. The number of hydrogen-bond donors (Lipinski definition) is 1. The van der Waals surface area contributed by atoms with Crippen LogP contribution in [0.5, 0.6) is 0 Å². The quantitative estimate of drug-likeness (QED) is 0.785. The maximum atomic E-state index is 13.9. The van der Waals surface area contributed by atoms with Crippen LogP contribution in [0.2, 0.25) is 0 Å². The fourth-order valence-electron chi connectivity index (χ4n) is 2.11. The van der Waals surface area contributed by atoms with Crippen molar-refractivity contribution in [1.82, 2.24) is 4.90 Å². The molecule has 1 aromatic carbocycles. The van der Waals surface area contributed by atoms with Crippen LogP contribution >= 0.6 is 11.8 Å². The van der Waals surface area contributed by atoms with E-state index in [4.69, 9.17) is 5.73 Å². The summed E-state index contributed by atoms with van der Waals surface area (Å²) < 4.78 is 40.2. The highest BCUT2D eigenvalue weighted by Gasteiger charge is 2.24. The molecule has 2 unspecified atom stereocenters. The standard InChI is InChI=1S/C14H21F3N2S/c1-9(4-5-20-3)19(2)14(8-18)10-6-12(16)13(17)7-11(10)15/h6-7,9,14H,4-5,8,18H2,1-3H3. The Morgan fingerprint density at radius 1 is 1.20 bits per heavy atom. The lowest BCUT2D eigenvalue weighted by Crippen LogP contribution is -2.38. The maximum Gasteiger partial charge on any atom is 0.161 e. The molecule has 2 nitrogen and oxygen atoms in total. The summed E-state index contributed by atoms with van der Waals surface area (Å²) in [5, 5.41) is 0. The lowest BCUT2D eigenvalue weighted by Gasteiger charge is -2.33. The van der Waals surface area contributed by atoms with Crippen LogP contribution < -0.4 is 5.73 Å². The fraction of sp³-hybridized carbons (Fsp3) is 0.571. The van der Waals surface area contributed by atoms with Crippen LogP contribution in [0.1, 0.15) is 24.9 Å². The minimum absolute atomic E-state index is 0.102. The van der Waals surface area contributed by atoms with E-state index in [1.54, 1.807) is 11.8 Å². The summed E-state index contributed by atoms with van der Waals surface area (Å²) in [6.45, 7) is 2.15. The van der Waals surface area contributed by atoms with Gasteiger partial charge in [0, 0.05) is 30.3 Å². The highest BCUT2D eigenvalue weighted by Crippen LogP contribution is 2.26. The van der Waals surface area contributed by atoms with Gasteiger partial charge in [0.2, 0.25) is 0 Å². The van der Waals surface area contributed by atoms with Crippen molar-refractivity contribution < 1.29 is 13.2 Å². The van der Waals surface area contributed by atoms with Gasteiger partial charge in [-0.1, -0.05) is 0 Å². The molecule has 0 aliphatic rings. The molecule has 2 atom stereocenters. The van der Waals surface area contributed by atoms with E-state index in [0.717, 1.165) is 18.2 Å². The summed E-state index contributed by atoms with van der Waals surface area (Å²) in [6, 6.07) is 1.18. The molecule has 0 bridgehead atoms. The third-order valence-electron chi connectivity index (χ3n) is 3.55. The van der Waals surface area contributed by atoms with E-state index in [1.165, 1.54) is 0 Å². The molecule has 0 heterocycles. The molecule has 0 aliphatic heterocycles. The molecule has 0 aromatic heterocycles. The largest absolute Gasteiger partial charge is 0.329 e. The van der Waals surface area contributed by atoms with Crippen LogP contribution in [-0.4, -0.2) is 36.5 Å². The number of nitrogens with zero attached hydrogens (tertiary/aromatic N) is 1. The van der Waals surface area contributed by atoms with Crippen LogP contribution in [0.15, 0.2) is 12.1 Å². The summed E-state index contributed by atoms with van der Waals surface area (Å²) in [6.07, 6.45) is 2.93. The Bertz CT molecular complexity index is 443. The van der Waals surface area contributed by atoms with Gasteiger partial charge in [0.25, 0.3) is 0 Å². The van der Waals surface area contributed by atoms with E-state index in [9.17, 15) is 13.2 Å². The highest BCUT2D eigenvalue weighted by molar-refractivity contribution is 7.98. The number of thioether (sulfide) groups is 1. The summed E-state index contributed by atoms with van der Waals surface area (Å²) in [7, 11) is 1.82. The van der Waals surface area contributed by atoms with Gasteiger partial charge >= 0.3 is 0 Å². The summed E-state index contributed by atoms with van der Waals surface area (Å²) in [5.41, 5.74) is 5.80. The van der Waals surface area contributed by atoms with Gasteiger partial charge in [-0.15, -0.1) is 0 Å². The average molecular weight is 306 g/mol. The molecular formula is C14H21F3N2S. The second kappa shape index (κ2) is 7.90. The van der Waals surface area contributed by atoms with Crippen molar-refractivity contribution >= 4 is 11.8 Å². The summed E-state index contributed by atoms with van der Waals surface area (Å²) >= 11 is 1.73. The molecule has 1 aromatic rings. The fourth-order valence-corrected chi connectivity index (χ4v) is 2.68. The van der Waals surface area contributed by atoms with Gasteiger partial charge in [-0.2, -0.15) is 11.8 Å². The van der Waals surface area contributed by atoms with Crippen molar-refractivity contribution in [3.05, 3.63) is 35.1 Å². The van der Waals surface area contributed by atoms with Gasteiger partial charge in [-0.25, -0.2) is 13.2 Å². The zero-order valence-electron chi connectivity index (χ0n) is 12.0. The van der Waals surface area contributed by atoms with Gasteiger partial charge in [-0.3, -0.25) is 4.90 Å². The predicted molar refractivity (Wildman–Crippen MR) is 78.3 cm³/mol. The van der Waals surface area contributed by atoms with Crippen LogP contribution in [0, 0.1) is 17.5 Å². The minimum Gasteiger partial charge on any atom is -0.329 e. The Kier molecular flexibility index (Phi) is 6.85. The van der Waals surface area contributed by atoms with Crippen molar-refractivity contribution in [2.45, 2.75) is 25.4 Å². The Balaban J connectivity index is 2.98. The molecule has 0 saturated heterocycles. The van der Waals surface area contributed by atoms with Crippen molar-refractivity contribution in [2.75, 3.05) is 25.6 Å². The Labute approximate surface area is 122 Å². The molecule has 114 valence electrons. The van der Waals surface area contributed by atoms with Crippen molar-refractivity contribution in [3.8, 4) is 0 Å². The van der Waals surface area contributed by atoms with Crippen LogP contribution in [0.3, 0.4) is 0 Å². The normalized spacial score (nSPS) is 14.6. The zero-order chi connectivity index (χ0) is 15.3. The molecule has 0 spiro atoms. The van der Waals surface area contributed by atoms with Gasteiger partial charge in [0.1, 0.15) is 5.82 Å². The number of rotatable bonds is 7. The van der Waals surface area contributed by atoms with Crippen LogP contribution in [0.25, 0.3) is 0 Å². The average Bonchev–Trinajstić information content (AvgIpc) is 2.42. The first-order chi connectivity index (χ1) is 9.42. The Morgan fingerprint density at radius 2 is 1.80 bits per heavy atom. The van der Waals surface area contributed by atoms with E-state index in [1.807, 2.05) is 25.1 Å². The van der Waals surface area contributed by atoms with E-state index >= 15 is 0 Å². The molecule has 2 N–H and O–H groups in total. The van der Waals surface area contributed by atoms with Crippen molar-refractivity contribution in [1.29, 1.82) is 0 Å². The van der Waals surface area contributed by atoms with Gasteiger partial charge in [0.05, 0.1) is 0 Å². The summed E-state index contributed by atoms with van der Waals surface area (Å²) in [5.74, 6) is -2.02. The first-order valence-electron chi connectivity index (χ1n) is 6.47. The number of nitrogens with two attached hydrogens (primary N) is 1. The number of halogens is 3. The lowest BCUT2D eigenvalue weighted by atomic mass is 10.0. The third kappa shape index (κ3) is 4.14. The number of benzene rings is 1. The minimum atomic E-state index is -1.18. The van der Waals surface area contributed by atoms with Gasteiger partial charge in [-0.05, 0) is 38.5 Å². The van der Waals surface area contributed by atoms with E-state index in [0.29, 0.717) is 6.07 Å². The third-order valence-corrected chi connectivity index (χ3v) is 4.19. The molecule has 6 heteroatoms. The maximum absolute atomic E-state index is 13.9. The molecular weight excluding hydrogens is 285 g/mol.